The second kappa shape index (κ2) is 6.17. The van der Waals surface area contributed by atoms with Crippen LogP contribution >= 0.6 is 0 Å². The highest BCUT2D eigenvalue weighted by Crippen LogP contribution is 2.32. The van der Waals surface area contributed by atoms with Gasteiger partial charge in [-0.2, -0.15) is 5.10 Å². The highest BCUT2D eigenvalue weighted by atomic mass is 16.4. The Bertz CT molecular complexity index is 430. The molecule has 1 atom stereocenters. The molecule has 1 unspecified atom stereocenters. The molecule has 8 heteroatoms. The molecule has 1 aromatic rings. The van der Waals surface area contributed by atoms with E-state index in [9.17, 15) is 9.59 Å². The average molecular weight is 267 g/mol. The molecule has 0 radical (unpaired) electrons. The summed E-state index contributed by atoms with van der Waals surface area (Å²) < 4.78 is 0. The highest BCUT2D eigenvalue weighted by Gasteiger charge is 2.37. The van der Waals surface area contributed by atoms with Gasteiger partial charge in [0.1, 0.15) is 18.2 Å². The molecule has 0 aliphatic heterocycles. The maximum atomic E-state index is 11.5. The molecule has 1 aliphatic rings. The van der Waals surface area contributed by atoms with Crippen LogP contribution in [-0.2, 0) is 11.2 Å². The third-order valence-electron chi connectivity index (χ3n) is 2.99. The van der Waals surface area contributed by atoms with Crippen LogP contribution in [0.2, 0.25) is 0 Å². The molecule has 1 aromatic heterocycles. The lowest BCUT2D eigenvalue weighted by molar-refractivity contribution is -0.139. The van der Waals surface area contributed by atoms with Gasteiger partial charge in [0.15, 0.2) is 0 Å². The molecule has 1 aliphatic carbocycles. The maximum absolute atomic E-state index is 11.5. The predicted octanol–water partition coefficient (Wildman–Crippen LogP) is -0.100. The summed E-state index contributed by atoms with van der Waals surface area (Å²) >= 11 is 0. The molecule has 4 N–H and O–H groups in total. The molecule has 2 amide bonds. The van der Waals surface area contributed by atoms with Crippen molar-refractivity contribution in [3.05, 3.63) is 12.2 Å². The minimum atomic E-state index is -0.973. The number of hydrogen-bond donors (Lipinski definition) is 4. The number of carbonyl (C=O) groups excluding carboxylic acids is 1. The van der Waals surface area contributed by atoms with Crippen molar-refractivity contribution in [3.63, 3.8) is 0 Å². The number of aromatic nitrogens is 3. The Morgan fingerprint density at radius 1 is 1.53 bits per heavy atom. The van der Waals surface area contributed by atoms with E-state index in [0.717, 1.165) is 18.7 Å². The van der Waals surface area contributed by atoms with E-state index in [-0.39, 0.29) is 5.92 Å². The van der Waals surface area contributed by atoms with Gasteiger partial charge in [-0.1, -0.05) is 0 Å². The fraction of sp³-hybridized carbons (Fsp3) is 0.636. The summed E-state index contributed by atoms with van der Waals surface area (Å²) in [5.74, 6) is -0.125. The second-order valence-electron chi connectivity index (χ2n) is 4.59. The number of urea groups is 1. The van der Waals surface area contributed by atoms with Gasteiger partial charge in [-0.05, 0) is 25.2 Å². The Morgan fingerprint density at radius 3 is 2.89 bits per heavy atom. The van der Waals surface area contributed by atoms with E-state index in [1.54, 1.807) is 0 Å². The normalized spacial score (nSPS) is 15.8. The Morgan fingerprint density at radius 2 is 2.32 bits per heavy atom. The second-order valence-corrected chi connectivity index (χ2v) is 4.59. The standard InChI is InChI=1S/C11H17N5O3/c17-10(18)9(7-3-4-7)15-11(19)12-5-1-2-8-13-6-14-16-8/h6-7,9H,1-5H2,(H,17,18)(H2,12,15,19)(H,13,14,16). The highest BCUT2D eigenvalue weighted by molar-refractivity contribution is 5.83. The van der Waals surface area contributed by atoms with E-state index >= 15 is 0 Å². The van der Waals surface area contributed by atoms with Crippen LogP contribution in [0.4, 0.5) is 4.79 Å². The monoisotopic (exact) mass is 267 g/mol. The van der Waals surface area contributed by atoms with Gasteiger partial charge in [0.05, 0.1) is 0 Å². The predicted molar refractivity (Wildman–Crippen MR) is 65.4 cm³/mol. The molecule has 0 bridgehead atoms. The third-order valence-corrected chi connectivity index (χ3v) is 2.99. The number of carboxylic acids is 1. The van der Waals surface area contributed by atoms with Crippen LogP contribution in [0, 0.1) is 5.92 Å². The lowest BCUT2D eigenvalue weighted by Crippen LogP contribution is -2.47. The fourth-order valence-corrected chi connectivity index (χ4v) is 1.81. The molecule has 104 valence electrons. The van der Waals surface area contributed by atoms with Gasteiger partial charge in [0, 0.05) is 13.0 Å². The van der Waals surface area contributed by atoms with Gasteiger partial charge in [-0.15, -0.1) is 0 Å². The molecule has 8 nitrogen and oxygen atoms in total. The molecular weight excluding hydrogens is 250 g/mol. The molecule has 2 rings (SSSR count). The van der Waals surface area contributed by atoms with E-state index in [1.807, 2.05) is 0 Å². The number of nitrogens with one attached hydrogen (secondary N) is 3. The van der Waals surface area contributed by atoms with Crippen molar-refractivity contribution in [3.8, 4) is 0 Å². The smallest absolute Gasteiger partial charge is 0.326 e. The van der Waals surface area contributed by atoms with Gasteiger partial charge in [-0.3, -0.25) is 5.10 Å². The third kappa shape index (κ3) is 4.23. The lowest BCUT2D eigenvalue weighted by Gasteiger charge is -2.14. The number of carbonyl (C=O) groups is 2. The first-order valence-electron chi connectivity index (χ1n) is 6.28. The van der Waals surface area contributed by atoms with Gasteiger partial charge in [0.2, 0.25) is 0 Å². The first-order chi connectivity index (χ1) is 9.16. The SMILES string of the molecule is O=C(NCCCc1ncn[nH]1)NC(C(=O)O)C1CC1. The van der Waals surface area contributed by atoms with E-state index in [1.165, 1.54) is 6.33 Å². The van der Waals surface area contributed by atoms with E-state index < -0.39 is 18.0 Å². The van der Waals surface area contributed by atoms with Gasteiger partial charge >= 0.3 is 12.0 Å². The quantitative estimate of drug-likeness (QED) is 0.514. The lowest BCUT2D eigenvalue weighted by atomic mass is 10.2. The molecule has 1 saturated carbocycles. The molecule has 0 spiro atoms. The van der Waals surface area contributed by atoms with Crippen LogP contribution in [0.3, 0.4) is 0 Å². The summed E-state index contributed by atoms with van der Waals surface area (Å²) in [5, 5.41) is 20.5. The number of rotatable bonds is 7. The number of carboxylic acid groups (broad SMARTS) is 1. The zero-order valence-corrected chi connectivity index (χ0v) is 10.4. The van der Waals surface area contributed by atoms with Crippen molar-refractivity contribution in [2.45, 2.75) is 31.7 Å². The molecule has 19 heavy (non-hydrogen) atoms. The Labute approximate surface area is 110 Å². The molecule has 0 saturated heterocycles. The maximum Gasteiger partial charge on any atom is 0.326 e. The number of aryl methyl sites for hydroxylation is 1. The van der Waals surface area contributed by atoms with Crippen LogP contribution in [0.5, 0.6) is 0 Å². The molecule has 1 heterocycles. The van der Waals surface area contributed by atoms with Crippen LogP contribution < -0.4 is 10.6 Å². The van der Waals surface area contributed by atoms with E-state index in [2.05, 4.69) is 25.8 Å². The zero-order valence-electron chi connectivity index (χ0n) is 10.4. The van der Waals surface area contributed by atoms with Crippen molar-refractivity contribution in [1.29, 1.82) is 0 Å². The summed E-state index contributed by atoms with van der Waals surface area (Å²) in [5.41, 5.74) is 0. The number of amides is 2. The van der Waals surface area contributed by atoms with Crippen molar-refractivity contribution < 1.29 is 14.7 Å². The molecular formula is C11H17N5O3. The van der Waals surface area contributed by atoms with Crippen molar-refractivity contribution in [2.75, 3.05) is 6.54 Å². The summed E-state index contributed by atoms with van der Waals surface area (Å²) in [7, 11) is 0. The van der Waals surface area contributed by atoms with Gasteiger partial charge in [-0.25, -0.2) is 14.6 Å². The topological polar surface area (TPSA) is 120 Å². The Kier molecular flexibility index (Phi) is 4.32. The number of nitrogens with zero attached hydrogens (tertiary/aromatic N) is 2. The number of H-pyrrole nitrogens is 1. The number of aliphatic carboxylic acids is 1. The van der Waals surface area contributed by atoms with Gasteiger partial charge in [0.25, 0.3) is 0 Å². The van der Waals surface area contributed by atoms with Crippen LogP contribution in [0.1, 0.15) is 25.1 Å². The van der Waals surface area contributed by atoms with Crippen LogP contribution in [-0.4, -0.2) is 44.9 Å². The molecule has 0 aromatic carbocycles. The van der Waals surface area contributed by atoms with E-state index in [0.29, 0.717) is 19.4 Å². The van der Waals surface area contributed by atoms with Crippen molar-refractivity contribution in [1.82, 2.24) is 25.8 Å². The van der Waals surface area contributed by atoms with E-state index in [4.69, 9.17) is 5.11 Å². The van der Waals surface area contributed by atoms with Crippen molar-refractivity contribution in [2.24, 2.45) is 5.92 Å². The van der Waals surface area contributed by atoms with Crippen LogP contribution in [0.15, 0.2) is 6.33 Å². The molecule has 1 fully saturated rings. The minimum absolute atomic E-state index is 0.0810. The van der Waals surface area contributed by atoms with Crippen molar-refractivity contribution >= 4 is 12.0 Å². The van der Waals surface area contributed by atoms with Gasteiger partial charge < -0.3 is 15.7 Å². The first-order valence-corrected chi connectivity index (χ1v) is 6.28. The largest absolute Gasteiger partial charge is 0.480 e. The summed E-state index contributed by atoms with van der Waals surface area (Å²) in [6.07, 6.45) is 4.56. The summed E-state index contributed by atoms with van der Waals surface area (Å²) in [4.78, 5) is 26.4. The fourth-order valence-electron chi connectivity index (χ4n) is 1.81. The number of aromatic amines is 1. The average Bonchev–Trinajstić information content (AvgIpc) is 3.08. The summed E-state index contributed by atoms with van der Waals surface area (Å²) in [6, 6.07) is -1.20. The van der Waals surface area contributed by atoms with Crippen LogP contribution in [0.25, 0.3) is 0 Å². The number of hydrogen-bond acceptors (Lipinski definition) is 4. The zero-order chi connectivity index (χ0) is 13.7. The first kappa shape index (κ1) is 13.3. The summed E-state index contributed by atoms with van der Waals surface area (Å²) in [6.45, 7) is 0.462. The minimum Gasteiger partial charge on any atom is -0.480 e. The Hall–Kier alpha value is -2.12. The Balaban J connectivity index is 1.62.